The zero-order chi connectivity index (χ0) is 14.8. The van der Waals surface area contributed by atoms with Crippen LogP contribution >= 0.6 is 11.6 Å². The maximum absolute atomic E-state index is 12.2. The average Bonchev–Trinajstić information content (AvgIpc) is 2.89. The highest BCUT2D eigenvalue weighted by Crippen LogP contribution is 2.34. The molecule has 4 heteroatoms. The molecule has 2 aromatic rings. The molecule has 0 radical (unpaired) electrons. The molecular weight excluding hydrogens is 272 g/mol. The lowest BCUT2D eigenvalue weighted by Crippen LogP contribution is -2.13. The first-order valence-corrected chi connectivity index (χ1v) is 6.76. The Kier molecular flexibility index (Phi) is 4.09. The number of carbonyl (C=O) groups excluding carboxylic acids is 1. The van der Waals surface area contributed by atoms with Crippen molar-refractivity contribution in [2.24, 2.45) is 5.41 Å². The molecule has 104 valence electrons. The number of carbonyl (C=O) groups is 1. The summed E-state index contributed by atoms with van der Waals surface area (Å²) in [7, 11) is 0. The van der Waals surface area contributed by atoms with E-state index in [-0.39, 0.29) is 11.3 Å². The molecule has 0 amide bonds. The number of allylic oxidation sites excluding steroid dienone is 2. The Morgan fingerprint density at radius 2 is 1.90 bits per heavy atom. The van der Waals surface area contributed by atoms with Gasteiger partial charge in [0.05, 0.1) is 0 Å². The number of aromatic nitrogens is 2. The van der Waals surface area contributed by atoms with Crippen molar-refractivity contribution in [3.63, 3.8) is 0 Å². The van der Waals surface area contributed by atoms with Crippen molar-refractivity contribution in [3.05, 3.63) is 59.6 Å². The van der Waals surface area contributed by atoms with Crippen molar-refractivity contribution in [1.29, 1.82) is 0 Å². The molecule has 0 spiro atoms. The molecule has 1 aromatic heterocycles. The zero-order valence-corrected chi connectivity index (χ0v) is 12.6. The van der Waals surface area contributed by atoms with E-state index < -0.39 is 0 Å². The molecule has 3 nitrogen and oxygen atoms in total. The van der Waals surface area contributed by atoms with Crippen molar-refractivity contribution in [2.75, 3.05) is 0 Å². The van der Waals surface area contributed by atoms with Crippen molar-refractivity contribution < 1.29 is 4.79 Å². The molecule has 0 bridgehead atoms. The van der Waals surface area contributed by atoms with E-state index in [1.165, 1.54) is 10.9 Å². The van der Waals surface area contributed by atoms with Crippen LogP contribution in [0.1, 0.15) is 31.1 Å². The molecule has 0 fully saturated rings. The van der Waals surface area contributed by atoms with Crippen LogP contribution in [0.2, 0.25) is 5.02 Å². The van der Waals surface area contributed by atoms with Crippen LogP contribution in [0.15, 0.2) is 49.1 Å². The summed E-state index contributed by atoms with van der Waals surface area (Å²) < 4.78 is 1.46. The number of halogens is 1. The first kappa shape index (κ1) is 14.5. The highest BCUT2D eigenvalue weighted by Gasteiger charge is 2.20. The monoisotopic (exact) mass is 288 g/mol. The predicted octanol–water partition coefficient (Wildman–Crippen LogP) is 4.31. The number of nitrogens with zero attached hydrogens (tertiary/aromatic N) is 2. The second-order valence-electron chi connectivity index (χ2n) is 5.62. The van der Waals surface area contributed by atoms with Gasteiger partial charge in [0.2, 0.25) is 0 Å². The maximum Gasteiger partial charge on any atom is 0.256 e. The lowest BCUT2D eigenvalue weighted by Gasteiger charge is -2.23. The van der Waals surface area contributed by atoms with E-state index in [1.54, 1.807) is 18.5 Å². The van der Waals surface area contributed by atoms with E-state index in [0.717, 1.165) is 11.1 Å². The van der Waals surface area contributed by atoms with E-state index in [1.807, 2.05) is 24.3 Å². The van der Waals surface area contributed by atoms with Crippen molar-refractivity contribution in [3.8, 4) is 0 Å². The van der Waals surface area contributed by atoms with Gasteiger partial charge in [-0.25, -0.2) is 4.98 Å². The Balaban J connectivity index is 2.43. The minimum Gasteiger partial charge on any atom is -0.273 e. The van der Waals surface area contributed by atoms with Gasteiger partial charge in [0, 0.05) is 23.5 Å². The molecule has 0 aliphatic rings. The van der Waals surface area contributed by atoms with Gasteiger partial charge < -0.3 is 0 Å². The molecule has 2 rings (SSSR count). The van der Waals surface area contributed by atoms with E-state index in [9.17, 15) is 4.79 Å². The van der Waals surface area contributed by atoms with Gasteiger partial charge in [-0.2, -0.15) is 0 Å². The summed E-state index contributed by atoms with van der Waals surface area (Å²) in [5.41, 5.74) is 1.81. The Bertz CT molecular complexity index is 619. The SMILES string of the molecule is CC(C)(C)C(=CC(=O)n1ccnc1)c1ccc(Cl)cc1. The predicted molar refractivity (Wildman–Crippen MR) is 81.7 cm³/mol. The minimum atomic E-state index is -0.149. The fourth-order valence-electron chi connectivity index (χ4n) is 1.95. The number of imidazole rings is 1. The Morgan fingerprint density at radius 1 is 1.25 bits per heavy atom. The van der Waals surface area contributed by atoms with Crippen LogP contribution in [0.25, 0.3) is 5.57 Å². The van der Waals surface area contributed by atoms with Crippen LogP contribution in [0.4, 0.5) is 0 Å². The smallest absolute Gasteiger partial charge is 0.256 e. The first-order valence-electron chi connectivity index (χ1n) is 6.38. The molecule has 1 aromatic carbocycles. The van der Waals surface area contributed by atoms with Crippen molar-refractivity contribution in [1.82, 2.24) is 9.55 Å². The standard InChI is InChI=1S/C16H17ClN2O/c1-16(2,3)14(12-4-6-13(17)7-5-12)10-15(20)19-9-8-18-11-19/h4-11H,1-3H3. The number of hydrogen-bond donors (Lipinski definition) is 0. The molecule has 0 atom stereocenters. The third-order valence-corrected chi connectivity index (χ3v) is 3.24. The third-order valence-electron chi connectivity index (χ3n) is 2.99. The average molecular weight is 289 g/mol. The fraction of sp³-hybridized carbons (Fsp3) is 0.250. The molecule has 0 aliphatic carbocycles. The molecule has 20 heavy (non-hydrogen) atoms. The molecule has 0 saturated heterocycles. The van der Waals surface area contributed by atoms with Crippen LogP contribution < -0.4 is 0 Å². The van der Waals surface area contributed by atoms with Crippen LogP contribution in [-0.4, -0.2) is 15.5 Å². The first-order chi connectivity index (χ1) is 9.38. The topological polar surface area (TPSA) is 34.9 Å². The van der Waals surface area contributed by atoms with E-state index >= 15 is 0 Å². The minimum absolute atomic E-state index is 0.109. The number of benzene rings is 1. The van der Waals surface area contributed by atoms with E-state index in [0.29, 0.717) is 5.02 Å². The Labute approximate surface area is 123 Å². The summed E-state index contributed by atoms with van der Waals surface area (Å²) >= 11 is 5.92. The number of rotatable bonds is 2. The van der Waals surface area contributed by atoms with E-state index in [2.05, 4.69) is 25.8 Å². The molecule has 0 unspecified atom stereocenters. The highest BCUT2D eigenvalue weighted by atomic mass is 35.5. The zero-order valence-electron chi connectivity index (χ0n) is 11.8. The number of hydrogen-bond acceptors (Lipinski definition) is 2. The summed E-state index contributed by atoms with van der Waals surface area (Å²) in [5, 5.41) is 0.683. The lowest BCUT2D eigenvalue weighted by atomic mass is 9.82. The van der Waals surface area contributed by atoms with Gasteiger partial charge in [-0.05, 0) is 28.7 Å². The summed E-state index contributed by atoms with van der Waals surface area (Å²) in [6, 6.07) is 7.53. The van der Waals surface area contributed by atoms with Gasteiger partial charge in [-0.15, -0.1) is 0 Å². The van der Waals surface area contributed by atoms with Crippen LogP contribution in [-0.2, 0) is 0 Å². The second-order valence-corrected chi connectivity index (χ2v) is 6.06. The highest BCUT2D eigenvalue weighted by molar-refractivity contribution is 6.30. The van der Waals surface area contributed by atoms with Crippen LogP contribution in [0, 0.1) is 5.41 Å². The molecule has 0 saturated carbocycles. The molecule has 0 N–H and O–H groups in total. The van der Waals surface area contributed by atoms with Gasteiger partial charge in [0.25, 0.3) is 5.91 Å². The quantitative estimate of drug-likeness (QED) is 0.772. The fourth-order valence-corrected chi connectivity index (χ4v) is 2.08. The summed E-state index contributed by atoms with van der Waals surface area (Å²) in [6.07, 6.45) is 6.39. The summed E-state index contributed by atoms with van der Waals surface area (Å²) in [5.74, 6) is -0.109. The maximum atomic E-state index is 12.2. The van der Waals surface area contributed by atoms with Gasteiger partial charge in [-0.3, -0.25) is 9.36 Å². The van der Waals surface area contributed by atoms with Crippen LogP contribution in [0.3, 0.4) is 0 Å². The second kappa shape index (κ2) is 5.63. The van der Waals surface area contributed by atoms with Gasteiger partial charge in [0.15, 0.2) is 0 Å². The van der Waals surface area contributed by atoms with Gasteiger partial charge >= 0.3 is 0 Å². The van der Waals surface area contributed by atoms with E-state index in [4.69, 9.17) is 11.6 Å². The largest absolute Gasteiger partial charge is 0.273 e. The Morgan fingerprint density at radius 3 is 2.40 bits per heavy atom. The summed E-state index contributed by atoms with van der Waals surface area (Å²) in [6.45, 7) is 6.23. The molecule has 1 heterocycles. The summed E-state index contributed by atoms with van der Waals surface area (Å²) in [4.78, 5) is 16.1. The Hall–Kier alpha value is -1.87. The van der Waals surface area contributed by atoms with Crippen molar-refractivity contribution >= 4 is 23.1 Å². The molecular formula is C16H17ClN2O. The third kappa shape index (κ3) is 3.36. The van der Waals surface area contributed by atoms with Gasteiger partial charge in [-0.1, -0.05) is 44.5 Å². The molecule has 0 aliphatic heterocycles. The lowest BCUT2D eigenvalue weighted by molar-refractivity contribution is 0.0968. The van der Waals surface area contributed by atoms with Crippen molar-refractivity contribution in [2.45, 2.75) is 20.8 Å². The van der Waals surface area contributed by atoms with Gasteiger partial charge in [0.1, 0.15) is 6.33 Å². The normalized spacial score (nSPS) is 12.5. The van der Waals surface area contributed by atoms with Crippen LogP contribution in [0.5, 0.6) is 0 Å².